The minimum absolute atomic E-state index is 0.981. The van der Waals surface area contributed by atoms with Gasteiger partial charge < -0.3 is 8.83 Å². The molecule has 0 radical (unpaired) electrons. The van der Waals surface area contributed by atoms with Crippen molar-refractivity contribution < 1.29 is 8.83 Å². The maximum absolute atomic E-state index is 6.06. The summed E-state index contributed by atoms with van der Waals surface area (Å²) < 4.78 is 12.1. The van der Waals surface area contributed by atoms with E-state index >= 15 is 0 Å². The fourth-order valence-electron chi connectivity index (χ4n) is 4.92. The van der Waals surface area contributed by atoms with E-state index in [1.165, 1.54) is 43.1 Å². The molecule has 2 aromatic heterocycles. The summed E-state index contributed by atoms with van der Waals surface area (Å²) in [5.41, 5.74) is 1.96. The molecule has 0 amide bonds. The lowest BCUT2D eigenvalue weighted by atomic mass is 9.94. The molecule has 2 nitrogen and oxygen atoms in total. The monoisotopic (exact) mass is 392 g/mol. The summed E-state index contributed by atoms with van der Waals surface area (Å²) in [6, 6.07) is 22.2. The van der Waals surface area contributed by atoms with E-state index in [-0.39, 0.29) is 0 Å². The van der Waals surface area contributed by atoms with Crippen LogP contribution in [0.1, 0.15) is 38.2 Å². The van der Waals surface area contributed by atoms with Gasteiger partial charge in [0.2, 0.25) is 0 Å². The van der Waals surface area contributed by atoms with Gasteiger partial charge in [-0.1, -0.05) is 50.2 Å². The third kappa shape index (κ3) is 2.50. The van der Waals surface area contributed by atoms with Gasteiger partial charge >= 0.3 is 0 Å². The van der Waals surface area contributed by atoms with Crippen molar-refractivity contribution in [1.82, 2.24) is 0 Å². The van der Waals surface area contributed by atoms with Crippen molar-refractivity contribution in [2.45, 2.75) is 39.5 Å². The van der Waals surface area contributed by atoms with Gasteiger partial charge in [0, 0.05) is 23.6 Å². The highest BCUT2D eigenvalue weighted by molar-refractivity contribution is 6.24. The lowest BCUT2D eigenvalue weighted by Crippen LogP contribution is -1.82. The molecule has 0 spiro atoms. The number of aryl methyl sites for hydroxylation is 2. The normalized spacial score (nSPS) is 12.2. The van der Waals surface area contributed by atoms with Crippen LogP contribution in [-0.2, 0) is 12.8 Å². The van der Waals surface area contributed by atoms with E-state index in [4.69, 9.17) is 8.83 Å². The Balaban J connectivity index is 1.64. The van der Waals surface area contributed by atoms with Gasteiger partial charge in [0.15, 0.2) is 0 Å². The standard InChI is InChI=1S/C28H24O2/c1-3-5-17-15-25-23-9-7-20-19(21(23)11-13-27(25)29-17)8-10-24-22(20)12-14-28-26(24)16-18(30-28)6-4-2/h7-16H,3-6H2,1-2H3. The fraction of sp³-hybridized carbons (Fsp3) is 0.214. The average Bonchev–Trinajstić information content (AvgIpc) is 3.36. The van der Waals surface area contributed by atoms with Crippen molar-refractivity contribution in [2.75, 3.05) is 0 Å². The molecule has 6 aromatic rings. The highest BCUT2D eigenvalue weighted by atomic mass is 16.3. The Morgan fingerprint density at radius 3 is 1.17 bits per heavy atom. The zero-order valence-electron chi connectivity index (χ0n) is 17.4. The molecule has 0 fully saturated rings. The minimum Gasteiger partial charge on any atom is -0.461 e. The molecule has 0 N–H and O–H groups in total. The predicted octanol–water partition coefficient (Wildman–Crippen LogP) is 8.54. The molecule has 0 saturated heterocycles. The van der Waals surface area contributed by atoms with E-state index in [0.29, 0.717) is 0 Å². The molecule has 30 heavy (non-hydrogen) atoms. The van der Waals surface area contributed by atoms with Crippen molar-refractivity contribution in [1.29, 1.82) is 0 Å². The third-order valence-electron chi connectivity index (χ3n) is 6.28. The minimum atomic E-state index is 0.981. The summed E-state index contributed by atoms with van der Waals surface area (Å²) in [6.07, 6.45) is 4.15. The highest BCUT2D eigenvalue weighted by Gasteiger charge is 2.13. The predicted molar refractivity (Wildman–Crippen MR) is 126 cm³/mol. The first-order valence-electron chi connectivity index (χ1n) is 11.0. The van der Waals surface area contributed by atoms with Crippen LogP contribution in [0, 0.1) is 0 Å². The molecule has 0 unspecified atom stereocenters. The molecule has 2 heterocycles. The first-order valence-corrected chi connectivity index (χ1v) is 11.0. The lowest BCUT2D eigenvalue weighted by molar-refractivity contribution is 0.544. The van der Waals surface area contributed by atoms with Gasteiger partial charge in [0.1, 0.15) is 22.7 Å². The van der Waals surface area contributed by atoms with Gasteiger partial charge in [0.05, 0.1) is 0 Å². The molecule has 0 atom stereocenters. The summed E-state index contributed by atoms with van der Waals surface area (Å²) in [6.45, 7) is 4.37. The second-order valence-corrected chi connectivity index (χ2v) is 8.30. The van der Waals surface area contributed by atoms with Crippen LogP contribution in [0.5, 0.6) is 0 Å². The van der Waals surface area contributed by atoms with Gasteiger partial charge in [-0.3, -0.25) is 0 Å². The van der Waals surface area contributed by atoms with E-state index in [1.54, 1.807) is 0 Å². The Labute approximate surface area is 175 Å². The molecule has 0 aliphatic heterocycles. The summed E-state index contributed by atoms with van der Waals surface area (Å²) in [4.78, 5) is 0. The number of fused-ring (bicyclic) bond motifs is 9. The van der Waals surface area contributed by atoms with Crippen molar-refractivity contribution in [2.24, 2.45) is 0 Å². The van der Waals surface area contributed by atoms with E-state index < -0.39 is 0 Å². The largest absolute Gasteiger partial charge is 0.461 e. The first kappa shape index (κ1) is 17.6. The van der Waals surface area contributed by atoms with Gasteiger partial charge in [0.25, 0.3) is 0 Å². The Bertz CT molecular complexity index is 1440. The molecule has 148 valence electrons. The molecule has 0 aliphatic rings. The van der Waals surface area contributed by atoms with Crippen molar-refractivity contribution in [3.05, 3.63) is 72.2 Å². The Morgan fingerprint density at radius 2 is 0.800 bits per heavy atom. The molecule has 2 heteroatoms. The quantitative estimate of drug-likeness (QED) is 0.281. The summed E-state index contributed by atoms with van der Waals surface area (Å²) in [5.74, 6) is 2.15. The van der Waals surface area contributed by atoms with E-state index in [0.717, 1.165) is 48.4 Å². The number of benzene rings is 4. The molecular weight excluding hydrogens is 368 g/mol. The van der Waals surface area contributed by atoms with E-state index in [2.05, 4.69) is 74.5 Å². The van der Waals surface area contributed by atoms with E-state index in [1.807, 2.05) is 0 Å². The first-order chi connectivity index (χ1) is 14.8. The van der Waals surface area contributed by atoms with Crippen molar-refractivity contribution in [3.8, 4) is 0 Å². The van der Waals surface area contributed by atoms with Crippen LogP contribution in [0.4, 0.5) is 0 Å². The average molecular weight is 392 g/mol. The van der Waals surface area contributed by atoms with Crippen molar-refractivity contribution >= 4 is 54.3 Å². The Kier molecular flexibility index (Phi) is 3.89. The van der Waals surface area contributed by atoms with Gasteiger partial charge in [-0.15, -0.1) is 0 Å². The van der Waals surface area contributed by atoms with Gasteiger partial charge in [-0.2, -0.15) is 0 Å². The molecule has 4 aromatic carbocycles. The SMILES string of the molecule is CCCc1cc2c(ccc3c2ccc2c4ccc5oc(CCC)cc5c4ccc32)o1. The smallest absolute Gasteiger partial charge is 0.134 e. The second kappa shape index (κ2) is 6.63. The zero-order valence-corrected chi connectivity index (χ0v) is 17.4. The highest BCUT2D eigenvalue weighted by Crippen LogP contribution is 2.38. The molecule has 0 aliphatic carbocycles. The van der Waals surface area contributed by atoms with Crippen LogP contribution in [0.25, 0.3) is 54.3 Å². The van der Waals surface area contributed by atoms with Gasteiger partial charge in [-0.05, 0) is 69.4 Å². The topological polar surface area (TPSA) is 26.3 Å². The van der Waals surface area contributed by atoms with Crippen LogP contribution in [-0.4, -0.2) is 0 Å². The van der Waals surface area contributed by atoms with Crippen LogP contribution >= 0.6 is 0 Å². The fourth-order valence-corrected chi connectivity index (χ4v) is 4.92. The van der Waals surface area contributed by atoms with Gasteiger partial charge in [-0.25, -0.2) is 0 Å². The van der Waals surface area contributed by atoms with Crippen LogP contribution < -0.4 is 0 Å². The Hall–Kier alpha value is -3.26. The van der Waals surface area contributed by atoms with E-state index in [9.17, 15) is 0 Å². The number of hydrogen-bond acceptors (Lipinski definition) is 2. The molecular formula is C28H24O2. The lowest BCUT2D eigenvalue weighted by Gasteiger charge is -2.08. The molecule has 0 bridgehead atoms. The summed E-state index contributed by atoms with van der Waals surface area (Å²) >= 11 is 0. The summed E-state index contributed by atoms with van der Waals surface area (Å²) in [5, 5.41) is 10.1. The van der Waals surface area contributed by atoms with Crippen molar-refractivity contribution in [3.63, 3.8) is 0 Å². The number of furan rings is 2. The number of rotatable bonds is 4. The van der Waals surface area contributed by atoms with Crippen LogP contribution in [0.3, 0.4) is 0 Å². The maximum Gasteiger partial charge on any atom is 0.134 e. The molecule has 0 saturated carbocycles. The van der Waals surface area contributed by atoms with Crippen LogP contribution in [0.15, 0.2) is 69.5 Å². The third-order valence-corrected chi connectivity index (χ3v) is 6.28. The number of hydrogen-bond donors (Lipinski definition) is 0. The maximum atomic E-state index is 6.06. The molecule has 6 rings (SSSR count). The second-order valence-electron chi connectivity index (χ2n) is 8.30. The van der Waals surface area contributed by atoms with Crippen LogP contribution in [0.2, 0.25) is 0 Å². The summed E-state index contributed by atoms with van der Waals surface area (Å²) in [7, 11) is 0. The zero-order chi connectivity index (χ0) is 20.2. The Morgan fingerprint density at radius 1 is 0.467 bits per heavy atom.